The molecule has 1 aliphatic carbocycles. The Kier molecular flexibility index (Phi) is 2.99. The van der Waals surface area contributed by atoms with E-state index in [-0.39, 0.29) is 5.92 Å². The molecule has 0 aromatic heterocycles. The molecule has 0 heterocycles. The van der Waals surface area contributed by atoms with E-state index in [9.17, 15) is 9.90 Å². The minimum Gasteiger partial charge on any atom is -0.481 e. The number of carboxylic acid groups (broad SMARTS) is 1. The van der Waals surface area contributed by atoms with Gasteiger partial charge in [0, 0.05) is 0 Å². The lowest BCUT2D eigenvalue weighted by Crippen LogP contribution is -2.39. The molecule has 1 aromatic carbocycles. The molecule has 0 radical (unpaired) electrons. The molecule has 1 N–H and O–H groups in total. The molecule has 0 aliphatic heterocycles. The van der Waals surface area contributed by atoms with Crippen LogP contribution in [0.25, 0.3) is 0 Å². The van der Waals surface area contributed by atoms with Gasteiger partial charge in [-0.05, 0) is 31.2 Å². The van der Waals surface area contributed by atoms with Crippen molar-refractivity contribution in [1.82, 2.24) is 0 Å². The van der Waals surface area contributed by atoms with Gasteiger partial charge in [0.2, 0.25) is 0 Å². The molecule has 1 unspecified atom stereocenters. The molecule has 0 spiro atoms. The van der Waals surface area contributed by atoms with Crippen LogP contribution in [-0.4, -0.2) is 11.1 Å². The minimum atomic E-state index is -0.711. The molecule has 1 atom stereocenters. The monoisotopic (exact) mass is 218 g/mol. The first-order chi connectivity index (χ1) is 7.65. The Balaban J connectivity index is 2.39. The summed E-state index contributed by atoms with van der Waals surface area (Å²) in [5, 5.41) is 9.55. The highest BCUT2D eigenvalue weighted by Crippen LogP contribution is 2.42. The molecule has 2 rings (SSSR count). The van der Waals surface area contributed by atoms with Crippen LogP contribution in [0.1, 0.15) is 38.2 Å². The van der Waals surface area contributed by atoms with Crippen molar-refractivity contribution in [2.75, 3.05) is 0 Å². The summed E-state index contributed by atoms with van der Waals surface area (Å²) >= 11 is 0. The largest absolute Gasteiger partial charge is 0.481 e. The third-order valence-electron chi connectivity index (χ3n) is 3.99. The van der Waals surface area contributed by atoms with Crippen molar-refractivity contribution in [3.63, 3.8) is 0 Å². The average Bonchev–Trinajstić information content (AvgIpc) is 2.82. The summed E-state index contributed by atoms with van der Waals surface area (Å²) in [4.78, 5) is 11.6. The van der Waals surface area contributed by atoms with Crippen molar-refractivity contribution in [3.05, 3.63) is 35.9 Å². The van der Waals surface area contributed by atoms with Crippen molar-refractivity contribution in [2.45, 2.75) is 38.0 Å². The first-order valence-electron chi connectivity index (χ1n) is 5.94. The molecular weight excluding hydrogens is 200 g/mol. The quantitative estimate of drug-likeness (QED) is 0.845. The average molecular weight is 218 g/mol. The van der Waals surface area contributed by atoms with Crippen molar-refractivity contribution in [1.29, 1.82) is 0 Å². The van der Waals surface area contributed by atoms with E-state index >= 15 is 0 Å². The third kappa shape index (κ3) is 1.73. The molecule has 0 amide bonds. The minimum absolute atomic E-state index is 0.285. The Bertz CT molecular complexity index is 366. The van der Waals surface area contributed by atoms with Gasteiger partial charge in [0.15, 0.2) is 0 Å². The lowest BCUT2D eigenvalue weighted by atomic mass is 9.71. The van der Waals surface area contributed by atoms with E-state index in [4.69, 9.17) is 0 Å². The van der Waals surface area contributed by atoms with Crippen LogP contribution < -0.4 is 0 Å². The molecule has 2 heteroatoms. The fourth-order valence-corrected chi connectivity index (χ4v) is 2.82. The number of hydrogen-bond donors (Lipinski definition) is 1. The number of benzene rings is 1. The van der Waals surface area contributed by atoms with E-state index in [1.54, 1.807) is 0 Å². The summed E-state index contributed by atoms with van der Waals surface area (Å²) in [6, 6.07) is 9.65. The number of aliphatic carboxylic acids is 1. The van der Waals surface area contributed by atoms with Gasteiger partial charge in [-0.15, -0.1) is 0 Å². The van der Waals surface area contributed by atoms with Gasteiger partial charge >= 0.3 is 5.97 Å². The van der Waals surface area contributed by atoms with Crippen molar-refractivity contribution >= 4 is 5.97 Å². The Labute approximate surface area is 96.3 Å². The Hall–Kier alpha value is -1.31. The van der Waals surface area contributed by atoms with Gasteiger partial charge in [0.05, 0.1) is 5.41 Å². The molecule has 1 saturated carbocycles. The second-order valence-electron chi connectivity index (χ2n) is 4.85. The molecule has 1 aromatic rings. The van der Waals surface area contributed by atoms with Crippen molar-refractivity contribution < 1.29 is 9.90 Å². The molecule has 16 heavy (non-hydrogen) atoms. The summed E-state index contributed by atoms with van der Waals surface area (Å²) in [6.45, 7) is 1.88. The highest BCUT2D eigenvalue weighted by molar-refractivity contribution is 5.81. The fraction of sp³-hybridized carbons (Fsp3) is 0.500. The Morgan fingerprint density at radius 2 is 1.81 bits per heavy atom. The van der Waals surface area contributed by atoms with Gasteiger partial charge in [0.1, 0.15) is 0 Å². The van der Waals surface area contributed by atoms with Crippen molar-refractivity contribution in [2.24, 2.45) is 5.92 Å². The van der Waals surface area contributed by atoms with Gasteiger partial charge in [0.25, 0.3) is 0 Å². The number of carbonyl (C=O) groups is 1. The topological polar surface area (TPSA) is 37.3 Å². The molecule has 0 saturated heterocycles. The molecule has 2 nitrogen and oxygen atoms in total. The van der Waals surface area contributed by atoms with Gasteiger partial charge in [-0.1, -0.05) is 43.2 Å². The fourth-order valence-electron chi connectivity index (χ4n) is 2.82. The van der Waals surface area contributed by atoms with Crippen LogP contribution in [0.15, 0.2) is 30.3 Å². The van der Waals surface area contributed by atoms with E-state index in [0.29, 0.717) is 0 Å². The predicted octanol–water partition coefficient (Wildman–Crippen LogP) is 3.22. The number of rotatable bonds is 3. The van der Waals surface area contributed by atoms with Crippen LogP contribution in [0, 0.1) is 5.92 Å². The maximum absolute atomic E-state index is 11.6. The van der Waals surface area contributed by atoms with Crippen LogP contribution in [0.5, 0.6) is 0 Å². The Morgan fingerprint density at radius 1 is 1.25 bits per heavy atom. The zero-order valence-corrected chi connectivity index (χ0v) is 9.65. The zero-order chi connectivity index (χ0) is 11.6. The van der Waals surface area contributed by atoms with E-state index < -0.39 is 11.4 Å². The molecule has 0 bridgehead atoms. The van der Waals surface area contributed by atoms with Crippen LogP contribution >= 0.6 is 0 Å². The predicted molar refractivity (Wildman–Crippen MR) is 63.4 cm³/mol. The summed E-state index contributed by atoms with van der Waals surface area (Å²) in [5.74, 6) is -0.405. The lowest BCUT2D eigenvalue weighted by Gasteiger charge is -2.31. The first kappa shape index (κ1) is 11.2. The van der Waals surface area contributed by atoms with E-state index in [2.05, 4.69) is 0 Å². The molecule has 1 fully saturated rings. The van der Waals surface area contributed by atoms with Gasteiger partial charge in [-0.3, -0.25) is 4.79 Å². The van der Waals surface area contributed by atoms with Crippen LogP contribution in [0.4, 0.5) is 0 Å². The highest BCUT2D eigenvalue weighted by Gasteiger charge is 2.43. The number of hydrogen-bond acceptors (Lipinski definition) is 1. The maximum atomic E-state index is 11.6. The summed E-state index contributed by atoms with van der Waals surface area (Å²) in [6.07, 6.45) is 4.41. The van der Waals surface area contributed by atoms with Gasteiger partial charge in [-0.2, -0.15) is 0 Å². The Morgan fingerprint density at radius 3 is 2.31 bits per heavy atom. The standard InChI is InChI=1S/C14H18O2/c1-14(13(15)16,12-9-5-6-10-12)11-7-3-2-4-8-11/h2-4,7-8,12H,5-6,9-10H2,1H3,(H,15,16). The second-order valence-corrected chi connectivity index (χ2v) is 4.85. The van der Waals surface area contributed by atoms with Crippen LogP contribution in [0.2, 0.25) is 0 Å². The summed E-state index contributed by atoms with van der Waals surface area (Å²) < 4.78 is 0. The number of carboxylic acids is 1. The normalized spacial score (nSPS) is 20.6. The van der Waals surface area contributed by atoms with Crippen molar-refractivity contribution in [3.8, 4) is 0 Å². The second kappa shape index (κ2) is 4.28. The molecular formula is C14H18O2. The first-order valence-corrected chi connectivity index (χ1v) is 5.94. The smallest absolute Gasteiger partial charge is 0.314 e. The molecule has 1 aliphatic rings. The summed E-state index contributed by atoms with van der Waals surface area (Å²) in [5.41, 5.74) is 0.229. The lowest BCUT2D eigenvalue weighted by molar-refractivity contribution is -0.145. The molecule has 86 valence electrons. The van der Waals surface area contributed by atoms with Gasteiger partial charge in [-0.25, -0.2) is 0 Å². The van der Waals surface area contributed by atoms with E-state index in [1.807, 2.05) is 37.3 Å². The SMILES string of the molecule is CC(C(=O)O)(c1ccccc1)C1CCCC1. The van der Waals surface area contributed by atoms with Gasteiger partial charge < -0.3 is 5.11 Å². The third-order valence-corrected chi connectivity index (χ3v) is 3.99. The zero-order valence-electron chi connectivity index (χ0n) is 9.65. The maximum Gasteiger partial charge on any atom is 0.314 e. The van der Waals surface area contributed by atoms with E-state index in [1.165, 1.54) is 12.8 Å². The highest BCUT2D eigenvalue weighted by atomic mass is 16.4. The van der Waals surface area contributed by atoms with E-state index in [0.717, 1.165) is 18.4 Å². The summed E-state index contributed by atoms with van der Waals surface area (Å²) in [7, 11) is 0. The van der Waals surface area contributed by atoms with Crippen LogP contribution in [-0.2, 0) is 10.2 Å². The van der Waals surface area contributed by atoms with Crippen LogP contribution in [0.3, 0.4) is 0 Å².